The molecule has 1 saturated heterocycles. The molecule has 0 spiro atoms. The van der Waals surface area contributed by atoms with Gasteiger partial charge in [-0.2, -0.15) is 0 Å². The highest BCUT2D eigenvalue weighted by Gasteiger charge is 2.54. The molecule has 0 bridgehead atoms. The highest BCUT2D eigenvalue weighted by Crippen LogP contribution is 2.41. The van der Waals surface area contributed by atoms with Crippen LogP contribution in [0.1, 0.15) is 12.8 Å². The van der Waals surface area contributed by atoms with E-state index < -0.39 is 16.0 Å². The van der Waals surface area contributed by atoms with Gasteiger partial charge in [-0.3, -0.25) is 4.79 Å². The Hall–Kier alpha value is -0.660. The Morgan fingerprint density at radius 1 is 1.38 bits per heavy atom. The lowest BCUT2D eigenvalue weighted by atomic mass is 10.3. The Kier molecular flexibility index (Phi) is 3.18. The Balaban J connectivity index is 1.73. The third-order valence-corrected chi connectivity index (χ3v) is 4.67. The number of rotatable bonds is 6. The van der Waals surface area contributed by atoms with Crippen LogP contribution in [-0.2, 0) is 14.8 Å². The lowest BCUT2D eigenvalue weighted by Gasteiger charge is -2.07. The van der Waals surface area contributed by atoms with E-state index in [4.69, 9.17) is 5.11 Å². The Morgan fingerprint density at radius 2 is 2.00 bits per heavy atom. The fourth-order valence-electron chi connectivity index (χ4n) is 2.27. The largest absolute Gasteiger partial charge is 0.481 e. The van der Waals surface area contributed by atoms with Crippen LogP contribution in [-0.4, -0.2) is 44.4 Å². The van der Waals surface area contributed by atoms with Crippen LogP contribution in [0.2, 0.25) is 0 Å². The normalized spacial score (nSPS) is 32.4. The van der Waals surface area contributed by atoms with Crippen molar-refractivity contribution in [1.82, 2.24) is 10.0 Å². The van der Waals surface area contributed by atoms with Crippen LogP contribution in [0, 0.1) is 11.8 Å². The molecule has 0 amide bonds. The molecule has 0 radical (unpaired) electrons. The number of piperidine rings is 1. The maximum atomic E-state index is 11.6. The zero-order valence-electron chi connectivity index (χ0n) is 8.85. The predicted molar refractivity (Wildman–Crippen MR) is 57.4 cm³/mol. The number of carbonyl (C=O) groups is 1. The Morgan fingerprint density at radius 3 is 2.56 bits per heavy atom. The molecule has 2 aliphatic rings. The van der Waals surface area contributed by atoms with Gasteiger partial charge in [0.15, 0.2) is 0 Å². The minimum absolute atomic E-state index is 0.0797. The van der Waals surface area contributed by atoms with Gasteiger partial charge in [-0.25, -0.2) is 13.1 Å². The predicted octanol–water partition coefficient (Wildman–Crippen LogP) is -1.01. The molecule has 0 aromatic heterocycles. The summed E-state index contributed by atoms with van der Waals surface area (Å²) in [4.78, 5) is 10.3. The smallest absolute Gasteiger partial charge is 0.303 e. The number of nitrogens with one attached hydrogen (secondary N) is 2. The molecule has 1 aliphatic carbocycles. The van der Waals surface area contributed by atoms with Gasteiger partial charge in [0.1, 0.15) is 0 Å². The minimum Gasteiger partial charge on any atom is -0.481 e. The van der Waals surface area contributed by atoms with E-state index in [0.717, 1.165) is 13.1 Å². The van der Waals surface area contributed by atoms with Gasteiger partial charge in [0.05, 0.1) is 5.75 Å². The molecule has 2 fully saturated rings. The van der Waals surface area contributed by atoms with Gasteiger partial charge in [0.25, 0.3) is 0 Å². The number of carboxylic acids is 1. The number of aliphatic carboxylic acids is 1. The summed E-state index contributed by atoms with van der Waals surface area (Å²) in [5, 5.41) is 11.6. The number of carboxylic acid groups (broad SMARTS) is 1. The van der Waals surface area contributed by atoms with Crippen LogP contribution >= 0.6 is 0 Å². The molecule has 3 N–H and O–H groups in total. The zero-order valence-corrected chi connectivity index (χ0v) is 9.66. The van der Waals surface area contributed by atoms with Gasteiger partial charge >= 0.3 is 5.97 Å². The van der Waals surface area contributed by atoms with E-state index in [1.165, 1.54) is 0 Å². The standard InChI is InChI=1S/C9H16N2O4S/c12-8(13)2-1-3-16(14,15)11-9-6-4-10-5-7(6)9/h6-7,9-11H,1-5H2,(H,12,13). The van der Waals surface area contributed by atoms with Gasteiger partial charge in [-0.1, -0.05) is 0 Å². The maximum Gasteiger partial charge on any atom is 0.303 e. The molecule has 92 valence electrons. The second-order valence-electron chi connectivity index (χ2n) is 4.45. The molecule has 0 aromatic carbocycles. The van der Waals surface area contributed by atoms with Crippen molar-refractivity contribution in [3.63, 3.8) is 0 Å². The highest BCUT2D eigenvalue weighted by atomic mass is 32.2. The molecular formula is C9H16N2O4S. The van der Waals surface area contributed by atoms with Crippen LogP contribution in [0.15, 0.2) is 0 Å². The molecule has 0 aromatic rings. The molecule has 2 atom stereocenters. The second-order valence-corrected chi connectivity index (χ2v) is 6.32. The van der Waals surface area contributed by atoms with Crippen molar-refractivity contribution in [2.75, 3.05) is 18.8 Å². The Labute approximate surface area is 94.5 Å². The van der Waals surface area contributed by atoms with E-state index >= 15 is 0 Å². The third-order valence-electron chi connectivity index (χ3n) is 3.21. The molecule has 6 nitrogen and oxygen atoms in total. The van der Waals surface area contributed by atoms with Crippen molar-refractivity contribution in [1.29, 1.82) is 0 Å². The summed E-state index contributed by atoms with van der Waals surface area (Å²) in [7, 11) is -3.30. The van der Waals surface area contributed by atoms with Gasteiger partial charge in [0, 0.05) is 12.5 Å². The van der Waals surface area contributed by atoms with Crippen molar-refractivity contribution in [3.8, 4) is 0 Å². The summed E-state index contributed by atoms with van der Waals surface area (Å²) in [6.07, 6.45) is 0.0744. The van der Waals surface area contributed by atoms with Crippen LogP contribution in [0.3, 0.4) is 0 Å². The zero-order chi connectivity index (χ0) is 11.8. The molecule has 1 aliphatic heterocycles. The SMILES string of the molecule is O=C(O)CCCS(=O)(=O)NC1C2CNCC21. The van der Waals surface area contributed by atoms with Crippen molar-refractivity contribution < 1.29 is 18.3 Å². The molecular weight excluding hydrogens is 232 g/mol. The topological polar surface area (TPSA) is 95.5 Å². The van der Waals surface area contributed by atoms with Crippen molar-refractivity contribution >= 4 is 16.0 Å². The lowest BCUT2D eigenvalue weighted by molar-refractivity contribution is -0.137. The molecule has 1 saturated carbocycles. The number of hydrogen-bond acceptors (Lipinski definition) is 4. The summed E-state index contributed by atoms with van der Waals surface area (Å²) in [6, 6.07) is 0.0797. The van der Waals surface area contributed by atoms with Gasteiger partial charge < -0.3 is 10.4 Å². The van der Waals surface area contributed by atoms with E-state index in [2.05, 4.69) is 10.0 Å². The maximum absolute atomic E-state index is 11.6. The number of sulfonamides is 1. The fraction of sp³-hybridized carbons (Fsp3) is 0.889. The van der Waals surface area contributed by atoms with Crippen LogP contribution in [0.5, 0.6) is 0 Å². The van der Waals surface area contributed by atoms with E-state index in [1.54, 1.807) is 0 Å². The van der Waals surface area contributed by atoms with E-state index in [0.29, 0.717) is 11.8 Å². The summed E-state index contributed by atoms with van der Waals surface area (Å²) >= 11 is 0. The molecule has 2 rings (SSSR count). The monoisotopic (exact) mass is 248 g/mol. The van der Waals surface area contributed by atoms with Gasteiger partial charge in [-0.15, -0.1) is 0 Å². The molecule has 16 heavy (non-hydrogen) atoms. The summed E-state index contributed by atoms with van der Waals surface area (Å²) in [6.45, 7) is 1.76. The first-order valence-corrected chi connectivity index (χ1v) is 7.07. The molecule has 7 heteroatoms. The first-order valence-electron chi connectivity index (χ1n) is 5.42. The average Bonchev–Trinajstić information content (AvgIpc) is 2.61. The first-order chi connectivity index (χ1) is 7.49. The van der Waals surface area contributed by atoms with Crippen molar-refractivity contribution in [2.45, 2.75) is 18.9 Å². The van der Waals surface area contributed by atoms with Crippen LogP contribution < -0.4 is 10.0 Å². The fourth-order valence-corrected chi connectivity index (χ4v) is 3.68. The number of fused-ring (bicyclic) bond motifs is 1. The summed E-state index contributed by atoms with van der Waals surface area (Å²) in [5.41, 5.74) is 0. The second kappa shape index (κ2) is 4.31. The quantitative estimate of drug-likeness (QED) is 0.559. The number of hydrogen-bond donors (Lipinski definition) is 3. The van der Waals surface area contributed by atoms with Crippen molar-refractivity contribution in [2.24, 2.45) is 11.8 Å². The minimum atomic E-state index is -3.30. The Bertz CT molecular complexity index is 371. The molecule has 2 unspecified atom stereocenters. The van der Waals surface area contributed by atoms with Crippen LogP contribution in [0.4, 0.5) is 0 Å². The van der Waals surface area contributed by atoms with Gasteiger partial charge in [0.2, 0.25) is 10.0 Å². The van der Waals surface area contributed by atoms with Crippen molar-refractivity contribution in [3.05, 3.63) is 0 Å². The van der Waals surface area contributed by atoms with E-state index in [1.807, 2.05) is 0 Å². The molecule has 1 heterocycles. The highest BCUT2D eigenvalue weighted by molar-refractivity contribution is 7.89. The van der Waals surface area contributed by atoms with E-state index in [-0.39, 0.29) is 24.6 Å². The average molecular weight is 248 g/mol. The van der Waals surface area contributed by atoms with Gasteiger partial charge in [-0.05, 0) is 31.3 Å². The lowest BCUT2D eigenvalue weighted by Crippen LogP contribution is -2.34. The third kappa shape index (κ3) is 2.72. The summed E-state index contributed by atoms with van der Waals surface area (Å²) < 4.78 is 25.8. The summed E-state index contributed by atoms with van der Waals surface area (Å²) in [5.74, 6) is -0.172. The van der Waals surface area contributed by atoms with Crippen LogP contribution in [0.25, 0.3) is 0 Å². The van der Waals surface area contributed by atoms with E-state index in [9.17, 15) is 13.2 Å². The first kappa shape index (κ1) is 11.8.